The molecule has 6 nitrogen and oxygen atoms in total. The maximum absolute atomic E-state index is 12.3. The van der Waals surface area contributed by atoms with Crippen molar-refractivity contribution in [2.75, 3.05) is 33.2 Å². The molecule has 1 atom stereocenters. The van der Waals surface area contributed by atoms with Crippen LogP contribution in [0.3, 0.4) is 0 Å². The summed E-state index contributed by atoms with van der Waals surface area (Å²) in [5.74, 6) is 1.25. The van der Waals surface area contributed by atoms with Gasteiger partial charge in [-0.25, -0.2) is 9.99 Å². The average molecular weight is 263 g/mol. The lowest BCUT2D eigenvalue weighted by atomic mass is 9.97. The van der Waals surface area contributed by atoms with Crippen LogP contribution in [0.4, 0.5) is 0 Å². The number of imidazole rings is 1. The maximum Gasteiger partial charge on any atom is 0.237 e. The number of amides is 1. The molecule has 104 valence electrons. The summed E-state index contributed by atoms with van der Waals surface area (Å²) in [5, 5.41) is 2.05. The van der Waals surface area contributed by atoms with Gasteiger partial charge in [0.15, 0.2) is 0 Å². The molecule has 0 bridgehead atoms. The molecule has 2 aliphatic rings. The number of fused-ring (bicyclic) bond motifs is 1. The molecule has 1 unspecified atom stereocenters. The van der Waals surface area contributed by atoms with Crippen LogP contribution in [0.1, 0.15) is 12.2 Å². The molecule has 0 aromatic carbocycles. The first-order chi connectivity index (χ1) is 9.22. The normalized spacial score (nSPS) is 25.0. The van der Waals surface area contributed by atoms with Crippen molar-refractivity contribution in [1.82, 2.24) is 24.9 Å². The van der Waals surface area contributed by atoms with Crippen molar-refractivity contribution in [3.05, 3.63) is 18.2 Å². The molecule has 1 saturated heterocycles. The van der Waals surface area contributed by atoms with E-state index in [4.69, 9.17) is 0 Å². The molecule has 1 aromatic rings. The number of aryl methyl sites for hydroxylation is 1. The van der Waals surface area contributed by atoms with Gasteiger partial charge in [-0.2, -0.15) is 0 Å². The number of nitrogens with zero attached hydrogens (tertiary/aromatic N) is 4. The smallest absolute Gasteiger partial charge is 0.237 e. The van der Waals surface area contributed by atoms with E-state index in [9.17, 15) is 4.79 Å². The third-order valence-electron chi connectivity index (χ3n) is 4.09. The van der Waals surface area contributed by atoms with Crippen molar-refractivity contribution in [2.24, 2.45) is 5.92 Å². The Labute approximate surface area is 113 Å². The number of carbonyl (C=O) groups is 1. The SMILES string of the molecule is CN1CCN(NC(=O)C2CCn3ccnc3C2)CC1. The van der Waals surface area contributed by atoms with Crippen molar-refractivity contribution in [2.45, 2.75) is 19.4 Å². The van der Waals surface area contributed by atoms with Crippen LogP contribution in [0.2, 0.25) is 0 Å². The molecule has 1 amide bonds. The predicted octanol–water partition coefficient (Wildman–Crippen LogP) is -0.276. The summed E-state index contributed by atoms with van der Waals surface area (Å²) in [4.78, 5) is 18.9. The number of hydrogen-bond donors (Lipinski definition) is 1. The van der Waals surface area contributed by atoms with Gasteiger partial charge in [-0.05, 0) is 13.5 Å². The summed E-state index contributed by atoms with van der Waals surface area (Å²) in [6.45, 7) is 4.73. The maximum atomic E-state index is 12.3. The quantitative estimate of drug-likeness (QED) is 0.798. The average Bonchev–Trinajstić information content (AvgIpc) is 2.88. The van der Waals surface area contributed by atoms with E-state index in [1.165, 1.54) is 0 Å². The van der Waals surface area contributed by atoms with Crippen molar-refractivity contribution in [3.63, 3.8) is 0 Å². The summed E-state index contributed by atoms with van der Waals surface area (Å²) >= 11 is 0. The number of nitrogens with one attached hydrogen (secondary N) is 1. The molecule has 0 radical (unpaired) electrons. The molecule has 1 fully saturated rings. The van der Waals surface area contributed by atoms with Crippen molar-refractivity contribution in [1.29, 1.82) is 0 Å². The Morgan fingerprint density at radius 2 is 2.11 bits per heavy atom. The highest BCUT2D eigenvalue weighted by Gasteiger charge is 2.27. The summed E-state index contributed by atoms with van der Waals surface area (Å²) < 4.78 is 2.14. The lowest BCUT2D eigenvalue weighted by Crippen LogP contribution is -2.54. The number of hydrogen-bond acceptors (Lipinski definition) is 4. The van der Waals surface area contributed by atoms with E-state index in [0.29, 0.717) is 0 Å². The fourth-order valence-electron chi connectivity index (χ4n) is 2.74. The molecular formula is C13H21N5O. The molecule has 0 saturated carbocycles. The predicted molar refractivity (Wildman–Crippen MR) is 71.3 cm³/mol. The van der Waals surface area contributed by atoms with Crippen molar-refractivity contribution in [3.8, 4) is 0 Å². The van der Waals surface area contributed by atoms with E-state index in [1.54, 1.807) is 0 Å². The van der Waals surface area contributed by atoms with Crippen LogP contribution in [0.25, 0.3) is 0 Å². The second-order valence-electron chi connectivity index (χ2n) is 5.49. The van der Waals surface area contributed by atoms with Crippen LogP contribution in [0.15, 0.2) is 12.4 Å². The third kappa shape index (κ3) is 2.79. The number of hydrazine groups is 1. The molecule has 3 heterocycles. The highest BCUT2D eigenvalue weighted by atomic mass is 16.2. The van der Waals surface area contributed by atoms with Gasteiger partial charge in [-0.3, -0.25) is 10.2 Å². The molecule has 19 heavy (non-hydrogen) atoms. The van der Waals surface area contributed by atoms with Gasteiger partial charge in [-0.1, -0.05) is 0 Å². The molecule has 1 N–H and O–H groups in total. The molecule has 3 rings (SSSR count). The summed E-state index contributed by atoms with van der Waals surface area (Å²) in [6.07, 6.45) is 5.47. The Kier molecular flexibility index (Phi) is 3.52. The zero-order valence-corrected chi connectivity index (χ0v) is 11.4. The van der Waals surface area contributed by atoms with Gasteiger partial charge < -0.3 is 9.47 Å². The number of likely N-dealkylation sites (N-methyl/N-ethyl adjacent to an activating group) is 1. The summed E-state index contributed by atoms with van der Waals surface area (Å²) in [5.41, 5.74) is 3.06. The van der Waals surface area contributed by atoms with Gasteiger partial charge >= 0.3 is 0 Å². The van der Waals surface area contributed by atoms with Crippen LogP contribution in [-0.2, 0) is 17.8 Å². The zero-order chi connectivity index (χ0) is 13.2. The van der Waals surface area contributed by atoms with Gasteiger partial charge in [0.25, 0.3) is 0 Å². The van der Waals surface area contributed by atoms with Gasteiger partial charge in [0.05, 0.1) is 0 Å². The Hall–Kier alpha value is -1.40. The minimum absolute atomic E-state index is 0.0644. The second kappa shape index (κ2) is 5.30. The molecule has 0 spiro atoms. The van der Waals surface area contributed by atoms with Gasteiger partial charge in [0.1, 0.15) is 5.82 Å². The minimum atomic E-state index is 0.0644. The Bertz CT molecular complexity index is 450. The van der Waals surface area contributed by atoms with Crippen LogP contribution in [-0.4, -0.2) is 58.6 Å². The Morgan fingerprint density at radius 3 is 2.89 bits per heavy atom. The fourth-order valence-corrected chi connectivity index (χ4v) is 2.74. The monoisotopic (exact) mass is 263 g/mol. The first-order valence-electron chi connectivity index (χ1n) is 6.96. The van der Waals surface area contributed by atoms with E-state index >= 15 is 0 Å². The van der Waals surface area contributed by atoms with Gasteiger partial charge in [0.2, 0.25) is 5.91 Å². The first kappa shape index (κ1) is 12.6. The van der Waals surface area contributed by atoms with Gasteiger partial charge in [-0.15, -0.1) is 0 Å². The summed E-state index contributed by atoms with van der Waals surface area (Å²) in [7, 11) is 2.11. The summed E-state index contributed by atoms with van der Waals surface area (Å²) in [6, 6.07) is 0. The van der Waals surface area contributed by atoms with Crippen LogP contribution in [0.5, 0.6) is 0 Å². The molecule has 0 aliphatic carbocycles. The topological polar surface area (TPSA) is 53.4 Å². The fraction of sp³-hybridized carbons (Fsp3) is 0.692. The number of carbonyl (C=O) groups excluding carboxylic acids is 1. The Morgan fingerprint density at radius 1 is 1.32 bits per heavy atom. The van der Waals surface area contributed by atoms with Gasteiger partial charge in [0, 0.05) is 57.5 Å². The van der Waals surface area contributed by atoms with E-state index in [0.717, 1.165) is 51.4 Å². The molecule has 6 heteroatoms. The van der Waals surface area contributed by atoms with Crippen molar-refractivity contribution >= 4 is 5.91 Å². The molecule has 2 aliphatic heterocycles. The largest absolute Gasteiger partial charge is 0.335 e. The van der Waals surface area contributed by atoms with Crippen LogP contribution in [0, 0.1) is 5.92 Å². The zero-order valence-electron chi connectivity index (χ0n) is 11.4. The molecule has 1 aromatic heterocycles. The van der Waals surface area contributed by atoms with E-state index < -0.39 is 0 Å². The highest BCUT2D eigenvalue weighted by Crippen LogP contribution is 2.19. The number of piperazine rings is 1. The standard InChI is InChI=1S/C13H21N5O/c1-16-6-8-18(9-7-16)15-13(19)11-2-4-17-5-3-14-12(17)10-11/h3,5,11H,2,4,6-10H2,1H3,(H,15,19). The minimum Gasteiger partial charge on any atom is -0.335 e. The second-order valence-corrected chi connectivity index (χ2v) is 5.49. The van der Waals surface area contributed by atoms with E-state index in [1.807, 2.05) is 17.4 Å². The van der Waals surface area contributed by atoms with Crippen LogP contribution < -0.4 is 5.43 Å². The van der Waals surface area contributed by atoms with Crippen LogP contribution >= 0.6 is 0 Å². The number of rotatable bonds is 2. The number of aromatic nitrogens is 2. The van der Waals surface area contributed by atoms with E-state index in [-0.39, 0.29) is 11.8 Å². The highest BCUT2D eigenvalue weighted by molar-refractivity contribution is 5.78. The first-order valence-corrected chi connectivity index (χ1v) is 6.96. The Balaban J connectivity index is 1.54. The van der Waals surface area contributed by atoms with E-state index in [2.05, 4.69) is 26.9 Å². The molecular weight excluding hydrogens is 242 g/mol. The van der Waals surface area contributed by atoms with Crippen molar-refractivity contribution < 1.29 is 4.79 Å². The third-order valence-corrected chi connectivity index (χ3v) is 4.09. The lowest BCUT2D eigenvalue weighted by molar-refractivity contribution is -0.131. The lowest BCUT2D eigenvalue weighted by Gasteiger charge is -2.33.